The molecule has 3 aliphatic rings. The van der Waals surface area contributed by atoms with E-state index in [1.165, 1.54) is 12.8 Å². The minimum atomic E-state index is -0.127. The molecule has 1 aromatic rings. The van der Waals surface area contributed by atoms with Crippen molar-refractivity contribution in [3.8, 4) is 0 Å². The monoisotopic (exact) mass is 343 g/mol. The summed E-state index contributed by atoms with van der Waals surface area (Å²) in [7, 11) is 3.89. The van der Waals surface area contributed by atoms with E-state index in [1.54, 1.807) is 0 Å². The van der Waals surface area contributed by atoms with Crippen LogP contribution in [-0.2, 0) is 11.3 Å². The van der Waals surface area contributed by atoms with Crippen molar-refractivity contribution in [3.63, 3.8) is 0 Å². The Morgan fingerprint density at radius 3 is 2.64 bits per heavy atom. The topological polar surface area (TPSA) is 52.6 Å². The third-order valence-electron chi connectivity index (χ3n) is 5.93. The average molecular weight is 343 g/mol. The molecule has 6 heteroatoms. The van der Waals surface area contributed by atoms with Gasteiger partial charge in [-0.3, -0.25) is 9.69 Å². The van der Waals surface area contributed by atoms with Crippen LogP contribution in [0.3, 0.4) is 0 Å². The average Bonchev–Trinajstić information content (AvgIpc) is 3.33. The van der Waals surface area contributed by atoms with Crippen molar-refractivity contribution in [1.29, 1.82) is 0 Å². The van der Waals surface area contributed by atoms with Gasteiger partial charge in [0.15, 0.2) is 0 Å². The minimum absolute atomic E-state index is 0.127. The number of anilines is 1. The van der Waals surface area contributed by atoms with E-state index < -0.39 is 0 Å². The standard InChI is InChI=1S/C19H29N5O/c1-22(2)18-20-10-16(11-21-18)12-23-9-7-19(14-23)6-3-8-24(17(19)25)13-15-4-5-15/h10-11,15H,3-9,12-14H2,1-2H3/t19-/m0/s1. The van der Waals surface area contributed by atoms with Gasteiger partial charge in [-0.2, -0.15) is 0 Å². The molecule has 6 nitrogen and oxygen atoms in total. The Kier molecular flexibility index (Phi) is 4.40. The number of hydrogen-bond donors (Lipinski definition) is 0. The van der Waals surface area contributed by atoms with Crippen molar-refractivity contribution in [2.75, 3.05) is 45.2 Å². The fourth-order valence-electron chi connectivity index (χ4n) is 4.33. The number of rotatable bonds is 5. The summed E-state index contributed by atoms with van der Waals surface area (Å²) in [6, 6.07) is 0. The number of carbonyl (C=O) groups excluding carboxylic acids is 1. The molecule has 25 heavy (non-hydrogen) atoms. The summed E-state index contributed by atoms with van der Waals surface area (Å²) < 4.78 is 0. The van der Waals surface area contributed by atoms with Crippen molar-refractivity contribution >= 4 is 11.9 Å². The van der Waals surface area contributed by atoms with Gasteiger partial charge in [0, 0.05) is 58.2 Å². The summed E-state index contributed by atoms with van der Waals surface area (Å²) in [5, 5.41) is 0. The Morgan fingerprint density at radius 2 is 1.96 bits per heavy atom. The number of aromatic nitrogens is 2. The van der Waals surface area contributed by atoms with Crippen LogP contribution in [0.1, 0.15) is 37.7 Å². The predicted octanol–water partition coefficient (Wildman–Crippen LogP) is 1.77. The predicted molar refractivity (Wildman–Crippen MR) is 97.2 cm³/mol. The summed E-state index contributed by atoms with van der Waals surface area (Å²) in [4.78, 5) is 28.4. The van der Waals surface area contributed by atoms with Gasteiger partial charge in [-0.15, -0.1) is 0 Å². The van der Waals surface area contributed by atoms with E-state index in [4.69, 9.17) is 0 Å². The van der Waals surface area contributed by atoms with E-state index in [0.29, 0.717) is 5.91 Å². The van der Waals surface area contributed by atoms with Gasteiger partial charge < -0.3 is 9.80 Å². The summed E-state index contributed by atoms with van der Waals surface area (Å²) in [5.74, 6) is 1.94. The third kappa shape index (κ3) is 3.50. The molecule has 0 N–H and O–H groups in total. The van der Waals surface area contributed by atoms with E-state index >= 15 is 0 Å². The van der Waals surface area contributed by atoms with Gasteiger partial charge in [-0.25, -0.2) is 9.97 Å². The van der Waals surface area contributed by atoms with Gasteiger partial charge in [0.1, 0.15) is 0 Å². The molecule has 0 aromatic carbocycles. The van der Waals surface area contributed by atoms with Gasteiger partial charge in [0.2, 0.25) is 11.9 Å². The lowest BCUT2D eigenvalue weighted by molar-refractivity contribution is -0.145. The Morgan fingerprint density at radius 1 is 1.20 bits per heavy atom. The molecule has 3 heterocycles. The van der Waals surface area contributed by atoms with Crippen molar-refractivity contribution in [2.24, 2.45) is 11.3 Å². The lowest BCUT2D eigenvalue weighted by Crippen LogP contribution is -2.50. The van der Waals surface area contributed by atoms with Crippen molar-refractivity contribution in [1.82, 2.24) is 19.8 Å². The molecule has 1 atom stereocenters. The largest absolute Gasteiger partial charge is 0.347 e. The maximum atomic E-state index is 13.1. The second-order valence-electron chi connectivity index (χ2n) is 8.32. The van der Waals surface area contributed by atoms with Gasteiger partial charge in [0.05, 0.1) is 5.41 Å². The lowest BCUT2D eigenvalue weighted by atomic mass is 9.78. The Bertz CT molecular complexity index is 627. The first-order valence-electron chi connectivity index (χ1n) is 9.56. The molecule has 0 bridgehead atoms. The zero-order chi connectivity index (χ0) is 17.4. The highest BCUT2D eigenvalue weighted by Crippen LogP contribution is 2.42. The van der Waals surface area contributed by atoms with Gasteiger partial charge in [-0.05, 0) is 44.6 Å². The van der Waals surface area contributed by atoms with Crippen molar-refractivity contribution in [2.45, 2.75) is 38.6 Å². The van der Waals surface area contributed by atoms with Crippen LogP contribution >= 0.6 is 0 Å². The molecule has 136 valence electrons. The van der Waals surface area contributed by atoms with E-state index in [1.807, 2.05) is 31.4 Å². The molecule has 4 rings (SSSR count). The van der Waals surface area contributed by atoms with Crippen LogP contribution in [0.25, 0.3) is 0 Å². The van der Waals surface area contributed by atoms with Gasteiger partial charge in [0.25, 0.3) is 0 Å². The van der Waals surface area contributed by atoms with Gasteiger partial charge >= 0.3 is 0 Å². The fraction of sp³-hybridized carbons (Fsp3) is 0.737. The molecule has 0 radical (unpaired) electrons. The van der Waals surface area contributed by atoms with Gasteiger partial charge in [-0.1, -0.05) is 0 Å². The Balaban J connectivity index is 1.38. The highest BCUT2D eigenvalue weighted by atomic mass is 16.2. The molecule has 3 fully saturated rings. The van der Waals surface area contributed by atoms with Crippen molar-refractivity contribution in [3.05, 3.63) is 18.0 Å². The maximum Gasteiger partial charge on any atom is 0.230 e. The van der Waals surface area contributed by atoms with Crippen LogP contribution < -0.4 is 4.90 Å². The lowest BCUT2D eigenvalue weighted by Gasteiger charge is -2.39. The van der Waals surface area contributed by atoms with Crippen LogP contribution in [0, 0.1) is 11.3 Å². The number of likely N-dealkylation sites (tertiary alicyclic amines) is 2. The number of amides is 1. The first-order chi connectivity index (χ1) is 12.1. The SMILES string of the molecule is CN(C)c1ncc(CN2CC[C@@]3(CCCN(CC4CC4)C3=O)C2)cn1. The molecule has 2 aliphatic heterocycles. The van der Waals surface area contributed by atoms with E-state index in [-0.39, 0.29) is 5.41 Å². The summed E-state index contributed by atoms with van der Waals surface area (Å²) in [5.41, 5.74) is 0.998. The maximum absolute atomic E-state index is 13.1. The number of piperidine rings is 1. The zero-order valence-corrected chi connectivity index (χ0v) is 15.4. The molecular formula is C19H29N5O. The Hall–Kier alpha value is -1.69. The normalized spacial score (nSPS) is 27.3. The van der Waals surface area contributed by atoms with E-state index in [0.717, 1.165) is 69.4 Å². The molecule has 1 amide bonds. The molecule has 2 saturated heterocycles. The number of nitrogens with zero attached hydrogens (tertiary/aromatic N) is 5. The second-order valence-corrected chi connectivity index (χ2v) is 8.32. The van der Waals surface area contributed by atoms with E-state index in [9.17, 15) is 4.79 Å². The van der Waals surface area contributed by atoms with Crippen LogP contribution in [0.2, 0.25) is 0 Å². The van der Waals surface area contributed by atoms with E-state index in [2.05, 4.69) is 19.8 Å². The van der Waals surface area contributed by atoms with Crippen LogP contribution in [0.15, 0.2) is 12.4 Å². The highest BCUT2D eigenvalue weighted by molar-refractivity contribution is 5.84. The molecule has 1 spiro atoms. The quantitative estimate of drug-likeness (QED) is 0.815. The first-order valence-corrected chi connectivity index (χ1v) is 9.56. The first kappa shape index (κ1) is 16.8. The second kappa shape index (κ2) is 6.56. The smallest absolute Gasteiger partial charge is 0.230 e. The summed E-state index contributed by atoms with van der Waals surface area (Å²) in [6.45, 7) is 4.70. The zero-order valence-electron chi connectivity index (χ0n) is 15.4. The molecule has 1 saturated carbocycles. The Labute approximate surface area is 150 Å². The fourth-order valence-corrected chi connectivity index (χ4v) is 4.33. The van der Waals surface area contributed by atoms with Crippen LogP contribution in [-0.4, -0.2) is 65.9 Å². The van der Waals surface area contributed by atoms with Crippen LogP contribution in [0.4, 0.5) is 5.95 Å². The number of carbonyl (C=O) groups is 1. The molecule has 1 aliphatic carbocycles. The minimum Gasteiger partial charge on any atom is -0.347 e. The number of hydrogen-bond acceptors (Lipinski definition) is 5. The molecular weight excluding hydrogens is 314 g/mol. The highest BCUT2D eigenvalue weighted by Gasteiger charge is 2.48. The summed E-state index contributed by atoms with van der Waals surface area (Å²) >= 11 is 0. The molecule has 0 unspecified atom stereocenters. The van der Waals surface area contributed by atoms with Crippen molar-refractivity contribution < 1.29 is 4.79 Å². The molecule has 1 aromatic heterocycles. The van der Waals surface area contributed by atoms with Crippen LogP contribution in [0.5, 0.6) is 0 Å². The third-order valence-corrected chi connectivity index (χ3v) is 5.93. The summed E-state index contributed by atoms with van der Waals surface area (Å²) in [6.07, 6.45) is 9.67.